The number of hydrogen-bond donors (Lipinski definition) is 3. The molecular formula is C10H14N2O2S. The zero-order valence-electron chi connectivity index (χ0n) is 8.49. The van der Waals surface area contributed by atoms with Crippen LogP contribution in [-0.4, -0.2) is 29.6 Å². The van der Waals surface area contributed by atoms with Crippen LogP contribution in [0.15, 0.2) is 18.2 Å². The maximum absolute atomic E-state index is 11.5. The molecule has 1 rings (SSSR count). The summed E-state index contributed by atoms with van der Waals surface area (Å²) in [7, 11) is 0. The maximum atomic E-state index is 11.5. The number of benzene rings is 1. The molecule has 0 aromatic heterocycles. The van der Waals surface area contributed by atoms with E-state index < -0.39 is 0 Å². The van der Waals surface area contributed by atoms with Gasteiger partial charge in [-0.2, -0.15) is 11.8 Å². The van der Waals surface area contributed by atoms with Crippen LogP contribution in [-0.2, 0) is 0 Å². The predicted molar refractivity (Wildman–Crippen MR) is 63.2 cm³/mol. The third-order valence-electron chi connectivity index (χ3n) is 1.88. The number of phenolic OH excluding ortho intramolecular Hbond substituents is 1. The van der Waals surface area contributed by atoms with Gasteiger partial charge in [0.05, 0.1) is 5.69 Å². The highest BCUT2D eigenvalue weighted by Gasteiger charge is 2.06. The number of amides is 1. The lowest BCUT2D eigenvalue weighted by molar-refractivity contribution is 0.0956. The fourth-order valence-corrected chi connectivity index (χ4v) is 1.36. The van der Waals surface area contributed by atoms with Crippen LogP contribution in [0.4, 0.5) is 5.69 Å². The second-order valence-corrected chi connectivity index (χ2v) is 4.01. The van der Waals surface area contributed by atoms with E-state index in [0.717, 1.165) is 5.75 Å². The average Bonchev–Trinajstić information content (AvgIpc) is 2.22. The van der Waals surface area contributed by atoms with Gasteiger partial charge in [-0.05, 0) is 24.5 Å². The first-order valence-corrected chi connectivity index (χ1v) is 5.90. The van der Waals surface area contributed by atoms with Crippen molar-refractivity contribution in [1.29, 1.82) is 0 Å². The molecule has 0 saturated heterocycles. The third kappa shape index (κ3) is 3.36. The summed E-state index contributed by atoms with van der Waals surface area (Å²) in [5.41, 5.74) is 6.12. The van der Waals surface area contributed by atoms with Crippen molar-refractivity contribution in [3.63, 3.8) is 0 Å². The van der Waals surface area contributed by atoms with E-state index in [-0.39, 0.29) is 17.3 Å². The minimum atomic E-state index is -0.195. The van der Waals surface area contributed by atoms with Crippen molar-refractivity contribution < 1.29 is 9.90 Å². The number of carbonyl (C=O) groups is 1. The number of rotatable bonds is 4. The van der Waals surface area contributed by atoms with Gasteiger partial charge in [-0.3, -0.25) is 4.79 Å². The minimum absolute atomic E-state index is 0.0625. The fraction of sp³-hybridized carbons (Fsp3) is 0.300. The molecule has 0 saturated carbocycles. The maximum Gasteiger partial charge on any atom is 0.251 e. The molecule has 1 amide bonds. The molecule has 0 aliphatic heterocycles. The number of anilines is 1. The van der Waals surface area contributed by atoms with E-state index in [1.165, 1.54) is 12.1 Å². The molecular weight excluding hydrogens is 212 g/mol. The van der Waals surface area contributed by atoms with Crippen molar-refractivity contribution in [2.75, 3.05) is 24.3 Å². The Labute approximate surface area is 92.9 Å². The molecule has 5 heteroatoms. The molecule has 0 bridgehead atoms. The number of nitrogen functional groups attached to an aromatic ring is 1. The van der Waals surface area contributed by atoms with Gasteiger partial charge in [-0.25, -0.2) is 0 Å². The lowest BCUT2D eigenvalue weighted by atomic mass is 10.2. The van der Waals surface area contributed by atoms with Gasteiger partial charge in [-0.1, -0.05) is 0 Å². The van der Waals surface area contributed by atoms with Crippen LogP contribution in [0.1, 0.15) is 10.4 Å². The van der Waals surface area contributed by atoms with E-state index >= 15 is 0 Å². The van der Waals surface area contributed by atoms with Gasteiger partial charge in [0, 0.05) is 17.9 Å². The molecule has 1 aromatic rings. The van der Waals surface area contributed by atoms with Crippen molar-refractivity contribution in [2.24, 2.45) is 0 Å². The Morgan fingerprint density at radius 3 is 2.93 bits per heavy atom. The number of carbonyl (C=O) groups excluding carboxylic acids is 1. The van der Waals surface area contributed by atoms with Crippen molar-refractivity contribution in [1.82, 2.24) is 5.32 Å². The molecule has 1 aromatic carbocycles. The Bertz CT molecular complexity index is 355. The third-order valence-corrected chi connectivity index (χ3v) is 2.50. The van der Waals surface area contributed by atoms with E-state index in [9.17, 15) is 9.90 Å². The van der Waals surface area contributed by atoms with E-state index in [0.29, 0.717) is 12.1 Å². The highest BCUT2D eigenvalue weighted by molar-refractivity contribution is 7.98. The number of aromatic hydroxyl groups is 1. The lowest BCUT2D eigenvalue weighted by Gasteiger charge is -2.05. The normalized spacial score (nSPS) is 9.93. The Morgan fingerprint density at radius 2 is 2.33 bits per heavy atom. The quantitative estimate of drug-likeness (QED) is 0.408. The molecule has 82 valence electrons. The van der Waals surface area contributed by atoms with Gasteiger partial charge in [0.2, 0.25) is 0 Å². The monoisotopic (exact) mass is 226 g/mol. The van der Waals surface area contributed by atoms with Gasteiger partial charge in [0.15, 0.2) is 0 Å². The molecule has 4 N–H and O–H groups in total. The lowest BCUT2D eigenvalue weighted by Crippen LogP contribution is -2.25. The zero-order valence-corrected chi connectivity index (χ0v) is 9.30. The summed E-state index contributed by atoms with van der Waals surface area (Å²) >= 11 is 1.66. The van der Waals surface area contributed by atoms with Crippen LogP contribution >= 0.6 is 11.8 Å². The molecule has 0 fully saturated rings. The Balaban J connectivity index is 2.62. The SMILES string of the molecule is CSCCNC(=O)c1ccc(N)c(O)c1. The van der Waals surface area contributed by atoms with Crippen LogP contribution in [0.5, 0.6) is 5.75 Å². The summed E-state index contributed by atoms with van der Waals surface area (Å²) in [6, 6.07) is 4.46. The van der Waals surface area contributed by atoms with E-state index in [1.807, 2.05) is 6.26 Å². The first-order chi connectivity index (χ1) is 7.15. The van der Waals surface area contributed by atoms with Gasteiger partial charge >= 0.3 is 0 Å². The van der Waals surface area contributed by atoms with Crippen molar-refractivity contribution in [3.05, 3.63) is 23.8 Å². The number of hydrogen-bond acceptors (Lipinski definition) is 4. The number of thioether (sulfide) groups is 1. The first kappa shape index (κ1) is 11.7. The zero-order chi connectivity index (χ0) is 11.3. The average molecular weight is 226 g/mol. The molecule has 0 heterocycles. The summed E-state index contributed by atoms with van der Waals surface area (Å²) in [6.45, 7) is 0.616. The second-order valence-electron chi connectivity index (χ2n) is 3.02. The fourth-order valence-electron chi connectivity index (χ4n) is 1.05. The largest absolute Gasteiger partial charge is 0.506 e. The van der Waals surface area contributed by atoms with Crippen LogP contribution in [0.3, 0.4) is 0 Å². The molecule has 15 heavy (non-hydrogen) atoms. The van der Waals surface area contributed by atoms with Gasteiger partial charge in [-0.15, -0.1) is 0 Å². The smallest absolute Gasteiger partial charge is 0.251 e. The highest BCUT2D eigenvalue weighted by atomic mass is 32.2. The van der Waals surface area contributed by atoms with Crippen LogP contribution < -0.4 is 11.1 Å². The predicted octanol–water partition coefficient (Wildman–Crippen LogP) is 1.07. The Hall–Kier alpha value is -1.36. The summed E-state index contributed by atoms with van der Waals surface area (Å²) in [5, 5.41) is 12.0. The summed E-state index contributed by atoms with van der Waals surface area (Å²) in [4.78, 5) is 11.5. The molecule has 0 spiro atoms. The van der Waals surface area contributed by atoms with Gasteiger partial charge in [0.1, 0.15) is 5.75 Å². The molecule has 0 aliphatic rings. The number of nitrogens with two attached hydrogens (primary N) is 1. The second kappa shape index (κ2) is 5.50. The Kier molecular flexibility index (Phi) is 4.30. The summed E-state index contributed by atoms with van der Waals surface area (Å²) in [6.07, 6.45) is 1.97. The van der Waals surface area contributed by atoms with Crippen molar-refractivity contribution >= 4 is 23.4 Å². The summed E-state index contributed by atoms with van der Waals surface area (Å²) < 4.78 is 0. The first-order valence-electron chi connectivity index (χ1n) is 4.50. The molecule has 0 aliphatic carbocycles. The highest BCUT2D eigenvalue weighted by Crippen LogP contribution is 2.20. The van der Waals surface area contributed by atoms with E-state index in [1.54, 1.807) is 17.8 Å². The van der Waals surface area contributed by atoms with Gasteiger partial charge < -0.3 is 16.2 Å². The molecule has 0 radical (unpaired) electrons. The number of nitrogens with one attached hydrogen (secondary N) is 1. The molecule has 0 unspecified atom stereocenters. The van der Waals surface area contributed by atoms with Gasteiger partial charge in [0.25, 0.3) is 5.91 Å². The number of phenols is 1. The van der Waals surface area contributed by atoms with Crippen molar-refractivity contribution in [3.8, 4) is 5.75 Å². The van der Waals surface area contributed by atoms with E-state index in [4.69, 9.17) is 5.73 Å². The van der Waals surface area contributed by atoms with Crippen LogP contribution in [0.25, 0.3) is 0 Å². The van der Waals surface area contributed by atoms with E-state index in [2.05, 4.69) is 5.32 Å². The standard InChI is InChI=1S/C10H14N2O2S/c1-15-5-4-12-10(14)7-2-3-8(11)9(13)6-7/h2-3,6,13H,4-5,11H2,1H3,(H,12,14). The van der Waals surface area contributed by atoms with Crippen LogP contribution in [0, 0.1) is 0 Å². The minimum Gasteiger partial charge on any atom is -0.506 e. The molecule has 4 nitrogen and oxygen atoms in total. The van der Waals surface area contributed by atoms with Crippen LogP contribution in [0.2, 0.25) is 0 Å². The summed E-state index contributed by atoms with van der Waals surface area (Å²) in [5.74, 6) is 0.610. The Morgan fingerprint density at radius 1 is 1.60 bits per heavy atom. The molecule has 0 atom stereocenters. The topological polar surface area (TPSA) is 75.4 Å². The van der Waals surface area contributed by atoms with Crippen molar-refractivity contribution in [2.45, 2.75) is 0 Å².